The van der Waals surface area contributed by atoms with Crippen LogP contribution in [0.5, 0.6) is 11.5 Å². The fraction of sp³-hybridized carbons (Fsp3) is 0.364. The Balaban J connectivity index is 2.06. The Morgan fingerprint density at radius 1 is 1.23 bits per heavy atom. The van der Waals surface area contributed by atoms with E-state index in [9.17, 15) is 14.9 Å². The lowest BCUT2D eigenvalue weighted by atomic mass is 10.1. The third kappa shape index (κ3) is 7.61. The van der Waals surface area contributed by atoms with Crippen LogP contribution in [0, 0.1) is 10.1 Å². The molecule has 0 saturated heterocycles. The van der Waals surface area contributed by atoms with Gasteiger partial charge in [0.25, 0.3) is 0 Å². The number of nitrogens with two attached hydrogens (primary N) is 1. The molecule has 0 bridgehead atoms. The fourth-order valence-corrected chi connectivity index (χ4v) is 2.86. The van der Waals surface area contributed by atoms with Gasteiger partial charge in [0.2, 0.25) is 11.7 Å². The number of nitrogens with one attached hydrogen (secondary N) is 1. The van der Waals surface area contributed by atoms with Gasteiger partial charge in [-0.25, -0.2) is 5.43 Å². The number of hydrogen-bond acceptors (Lipinski definition) is 7. The molecule has 9 nitrogen and oxygen atoms in total. The van der Waals surface area contributed by atoms with Crippen LogP contribution in [0.25, 0.3) is 0 Å². The lowest BCUT2D eigenvalue weighted by Gasteiger charge is -2.12. The van der Waals surface area contributed by atoms with Crippen LogP contribution in [0.4, 0.5) is 11.4 Å². The number of nitrogen functional groups attached to an aromatic ring is 1. The summed E-state index contributed by atoms with van der Waals surface area (Å²) in [6.07, 6.45) is 5.42. The molecule has 2 rings (SSSR count). The van der Waals surface area contributed by atoms with Crippen LogP contribution in [0.15, 0.2) is 41.5 Å². The van der Waals surface area contributed by atoms with E-state index in [0.29, 0.717) is 17.9 Å². The lowest BCUT2D eigenvalue weighted by Crippen LogP contribution is -2.19. The minimum absolute atomic E-state index is 0.0912. The molecule has 0 saturated carbocycles. The molecule has 0 aliphatic carbocycles. The van der Waals surface area contributed by atoms with Crippen LogP contribution in [0.1, 0.15) is 43.7 Å². The van der Waals surface area contributed by atoms with Crippen LogP contribution in [0.2, 0.25) is 0 Å². The van der Waals surface area contributed by atoms with Crippen LogP contribution in [0.3, 0.4) is 0 Å². The third-order valence-corrected chi connectivity index (χ3v) is 4.47. The number of nitro benzene ring substituents is 1. The van der Waals surface area contributed by atoms with Gasteiger partial charge in [-0.15, -0.1) is 0 Å². The molecule has 2 aromatic rings. The van der Waals surface area contributed by atoms with Crippen molar-refractivity contribution in [2.24, 2.45) is 5.10 Å². The van der Waals surface area contributed by atoms with Gasteiger partial charge in [-0.3, -0.25) is 14.9 Å². The highest BCUT2D eigenvalue weighted by Crippen LogP contribution is 2.38. The maximum absolute atomic E-state index is 12.0. The molecule has 0 spiro atoms. The molecule has 2 aromatic carbocycles. The summed E-state index contributed by atoms with van der Waals surface area (Å²) >= 11 is 0. The Hall–Kier alpha value is -3.62. The molecule has 31 heavy (non-hydrogen) atoms. The minimum atomic E-state index is -0.527. The molecule has 0 aliphatic rings. The molecule has 0 atom stereocenters. The number of hydrogen-bond donors (Lipinski definition) is 2. The maximum Gasteiger partial charge on any atom is 0.315 e. The number of benzene rings is 2. The molecule has 3 N–H and O–H groups in total. The first-order valence-electron chi connectivity index (χ1n) is 10.1. The first-order chi connectivity index (χ1) is 14.9. The van der Waals surface area contributed by atoms with E-state index in [1.165, 1.54) is 19.4 Å². The number of hydrazone groups is 1. The summed E-state index contributed by atoms with van der Waals surface area (Å²) in [5.74, 6) is 0.00222. The zero-order valence-electron chi connectivity index (χ0n) is 17.8. The van der Waals surface area contributed by atoms with E-state index in [0.717, 1.165) is 31.2 Å². The van der Waals surface area contributed by atoms with E-state index in [1.807, 2.05) is 0 Å². The van der Waals surface area contributed by atoms with Gasteiger partial charge < -0.3 is 15.2 Å². The zero-order valence-corrected chi connectivity index (χ0v) is 17.8. The van der Waals surface area contributed by atoms with Gasteiger partial charge in [-0.05, 0) is 30.2 Å². The molecule has 0 unspecified atom stereocenters. The molecule has 0 aliphatic heterocycles. The summed E-state index contributed by atoms with van der Waals surface area (Å²) in [5, 5.41) is 15.4. The topological polar surface area (TPSA) is 129 Å². The summed E-state index contributed by atoms with van der Waals surface area (Å²) in [4.78, 5) is 23.0. The number of methoxy groups -OCH3 is 1. The summed E-state index contributed by atoms with van der Waals surface area (Å²) < 4.78 is 10.9. The van der Waals surface area contributed by atoms with Crippen molar-refractivity contribution in [1.29, 1.82) is 0 Å². The molecule has 9 heteroatoms. The standard InChI is InChI=1S/C22H28N4O5/c1-3-4-5-6-11-31-22-19(26(28)29)12-17(13-20(22)30-2)15-24-25-21(27)14-16-7-9-18(23)10-8-16/h7-10,12-13,15H,3-6,11,14,23H2,1-2H3,(H,25,27)/b24-15-. The van der Waals surface area contributed by atoms with Crippen LogP contribution >= 0.6 is 0 Å². The summed E-state index contributed by atoms with van der Waals surface area (Å²) in [7, 11) is 1.41. The van der Waals surface area contributed by atoms with Crippen molar-refractivity contribution in [2.45, 2.75) is 39.0 Å². The van der Waals surface area contributed by atoms with Crippen LogP contribution in [-0.4, -0.2) is 30.8 Å². The van der Waals surface area contributed by atoms with Crippen molar-refractivity contribution < 1.29 is 19.2 Å². The Kier molecular flexibility index (Phi) is 9.28. The van der Waals surface area contributed by atoms with Crippen molar-refractivity contribution in [1.82, 2.24) is 5.43 Å². The number of nitrogens with zero attached hydrogens (tertiary/aromatic N) is 2. The number of carbonyl (C=O) groups is 1. The number of nitro groups is 1. The van der Waals surface area contributed by atoms with Crippen LogP contribution < -0.4 is 20.6 Å². The van der Waals surface area contributed by atoms with Gasteiger partial charge in [0.1, 0.15) is 0 Å². The van der Waals surface area contributed by atoms with Gasteiger partial charge in [-0.2, -0.15) is 5.10 Å². The molecular weight excluding hydrogens is 400 g/mol. The Morgan fingerprint density at radius 3 is 2.61 bits per heavy atom. The van der Waals surface area contributed by atoms with Crippen molar-refractivity contribution >= 4 is 23.5 Å². The molecule has 0 radical (unpaired) electrons. The number of amides is 1. The third-order valence-electron chi connectivity index (χ3n) is 4.47. The van der Waals surface area contributed by atoms with Crippen molar-refractivity contribution in [2.75, 3.05) is 19.5 Å². The molecular formula is C22H28N4O5. The van der Waals surface area contributed by atoms with E-state index < -0.39 is 4.92 Å². The summed E-state index contributed by atoms with van der Waals surface area (Å²) in [5.41, 5.74) is 9.62. The smallest absolute Gasteiger partial charge is 0.315 e. The highest BCUT2D eigenvalue weighted by Gasteiger charge is 2.22. The number of rotatable bonds is 12. The van der Waals surface area contributed by atoms with Gasteiger partial charge in [0.05, 0.1) is 31.3 Å². The SMILES string of the molecule is CCCCCCOc1c(OC)cc(/C=N\NC(=O)Cc2ccc(N)cc2)cc1[N+](=O)[O-]. The zero-order chi connectivity index (χ0) is 22.6. The largest absolute Gasteiger partial charge is 0.493 e. The van der Waals surface area contributed by atoms with Crippen molar-refractivity contribution in [3.05, 3.63) is 57.6 Å². The van der Waals surface area contributed by atoms with E-state index in [1.54, 1.807) is 30.3 Å². The van der Waals surface area contributed by atoms with Gasteiger partial charge in [0, 0.05) is 17.3 Å². The number of anilines is 1. The summed E-state index contributed by atoms with van der Waals surface area (Å²) in [6, 6.07) is 9.85. The summed E-state index contributed by atoms with van der Waals surface area (Å²) in [6.45, 7) is 2.47. The molecule has 1 amide bonds. The Morgan fingerprint density at radius 2 is 1.97 bits per heavy atom. The van der Waals surface area contributed by atoms with Crippen LogP contribution in [-0.2, 0) is 11.2 Å². The predicted octanol–water partition coefficient (Wildman–Crippen LogP) is 3.84. The molecule has 0 fully saturated rings. The minimum Gasteiger partial charge on any atom is -0.493 e. The van der Waals surface area contributed by atoms with Gasteiger partial charge in [-0.1, -0.05) is 38.3 Å². The second kappa shape index (κ2) is 12.2. The second-order valence-electron chi connectivity index (χ2n) is 6.95. The van der Waals surface area contributed by atoms with E-state index in [2.05, 4.69) is 17.5 Å². The molecule has 0 aromatic heterocycles. The van der Waals surface area contributed by atoms with Gasteiger partial charge in [0.15, 0.2) is 5.75 Å². The van der Waals surface area contributed by atoms with Crippen molar-refractivity contribution in [3.8, 4) is 11.5 Å². The monoisotopic (exact) mass is 428 g/mol. The van der Waals surface area contributed by atoms with E-state index in [4.69, 9.17) is 15.2 Å². The quantitative estimate of drug-likeness (QED) is 0.174. The van der Waals surface area contributed by atoms with E-state index in [-0.39, 0.29) is 29.5 Å². The molecule has 0 heterocycles. The highest BCUT2D eigenvalue weighted by molar-refractivity contribution is 5.85. The number of ether oxygens (including phenoxy) is 2. The Bertz CT molecular complexity index is 913. The normalized spacial score (nSPS) is 10.8. The predicted molar refractivity (Wildman–Crippen MR) is 120 cm³/mol. The highest BCUT2D eigenvalue weighted by atomic mass is 16.6. The average Bonchev–Trinajstić information content (AvgIpc) is 2.75. The number of carbonyl (C=O) groups excluding carboxylic acids is 1. The first-order valence-corrected chi connectivity index (χ1v) is 10.1. The number of unbranched alkanes of at least 4 members (excludes halogenated alkanes) is 3. The molecule has 166 valence electrons. The van der Waals surface area contributed by atoms with Crippen molar-refractivity contribution in [3.63, 3.8) is 0 Å². The Labute approximate surface area is 181 Å². The first kappa shape index (κ1) is 23.7. The lowest BCUT2D eigenvalue weighted by molar-refractivity contribution is -0.386. The maximum atomic E-state index is 12.0. The fourth-order valence-electron chi connectivity index (χ4n) is 2.86. The average molecular weight is 428 g/mol. The van der Waals surface area contributed by atoms with Gasteiger partial charge >= 0.3 is 5.69 Å². The second-order valence-corrected chi connectivity index (χ2v) is 6.95. The van der Waals surface area contributed by atoms with E-state index >= 15 is 0 Å².